The van der Waals surface area contributed by atoms with Crippen LogP contribution in [0.3, 0.4) is 0 Å². The van der Waals surface area contributed by atoms with Gasteiger partial charge in [0, 0.05) is 12.3 Å². The van der Waals surface area contributed by atoms with Gasteiger partial charge in [-0.3, -0.25) is 9.36 Å². The number of rotatable bonds is 3. The molecule has 0 bridgehead atoms. The number of ether oxygens (including phenoxy) is 1. The third kappa shape index (κ3) is 2.06. The Morgan fingerprint density at radius 1 is 1.72 bits per heavy atom. The van der Waals surface area contributed by atoms with Crippen LogP contribution in [0.4, 0.5) is 0 Å². The van der Waals surface area contributed by atoms with E-state index < -0.39 is 30.1 Å². The highest BCUT2D eigenvalue weighted by atomic mass is 32.2. The van der Waals surface area contributed by atoms with E-state index in [0.29, 0.717) is 0 Å². The standard InChI is InChI=1S/C10H14N2O5S/c1-18-9-11-7(14)2-3-12(9)10(16)5-17-6(4-13)8(10)15/h2-3,6,8,13,15-16H,4-5H2,1H3/t6-,8-,10-/m1/s1. The van der Waals surface area contributed by atoms with Crippen LogP contribution >= 0.6 is 11.8 Å². The summed E-state index contributed by atoms with van der Waals surface area (Å²) in [5.74, 6) is 0. The van der Waals surface area contributed by atoms with Crippen molar-refractivity contribution in [3.63, 3.8) is 0 Å². The Kier molecular flexibility index (Phi) is 3.74. The molecule has 100 valence electrons. The zero-order chi connectivity index (χ0) is 13.3. The Morgan fingerprint density at radius 3 is 3.00 bits per heavy atom. The van der Waals surface area contributed by atoms with Crippen molar-refractivity contribution in [1.29, 1.82) is 0 Å². The molecule has 1 aliphatic heterocycles. The smallest absolute Gasteiger partial charge is 0.273 e. The predicted octanol–water partition coefficient (Wildman–Crippen LogP) is -1.64. The minimum Gasteiger partial charge on any atom is -0.394 e. The van der Waals surface area contributed by atoms with Crippen LogP contribution in [0.5, 0.6) is 0 Å². The maximum absolute atomic E-state index is 11.2. The summed E-state index contributed by atoms with van der Waals surface area (Å²) in [5, 5.41) is 29.7. The number of hydrogen-bond donors (Lipinski definition) is 3. The molecular weight excluding hydrogens is 260 g/mol. The van der Waals surface area contributed by atoms with Gasteiger partial charge in [0.15, 0.2) is 10.9 Å². The molecule has 3 atom stereocenters. The first-order valence-electron chi connectivity index (χ1n) is 5.30. The largest absolute Gasteiger partial charge is 0.394 e. The van der Waals surface area contributed by atoms with E-state index in [1.165, 1.54) is 28.6 Å². The minimum absolute atomic E-state index is 0.183. The van der Waals surface area contributed by atoms with E-state index in [4.69, 9.17) is 9.84 Å². The summed E-state index contributed by atoms with van der Waals surface area (Å²) in [6, 6.07) is 1.19. The van der Waals surface area contributed by atoms with E-state index in [9.17, 15) is 15.0 Å². The number of thioether (sulfide) groups is 1. The molecule has 18 heavy (non-hydrogen) atoms. The SMILES string of the molecule is CSc1nc(=O)ccn1[C@@]1(O)CO[C@H](CO)[C@H]1O. The summed E-state index contributed by atoms with van der Waals surface area (Å²) in [6.07, 6.45) is 0.905. The second kappa shape index (κ2) is 4.98. The maximum atomic E-state index is 11.2. The minimum atomic E-state index is -1.73. The fourth-order valence-electron chi connectivity index (χ4n) is 1.89. The van der Waals surface area contributed by atoms with E-state index in [0.717, 1.165) is 0 Å². The molecule has 2 heterocycles. The molecule has 0 saturated carbocycles. The number of aliphatic hydroxyl groups excluding tert-OH is 2. The predicted molar refractivity (Wildman–Crippen MR) is 63.3 cm³/mol. The van der Waals surface area contributed by atoms with Gasteiger partial charge in [-0.15, -0.1) is 0 Å². The summed E-state index contributed by atoms with van der Waals surface area (Å²) < 4.78 is 6.42. The third-order valence-electron chi connectivity index (χ3n) is 2.89. The molecule has 7 nitrogen and oxygen atoms in total. The molecule has 0 amide bonds. The summed E-state index contributed by atoms with van der Waals surface area (Å²) in [6.45, 7) is -0.580. The van der Waals surface area contributed by atoms with E-state index in [1.54, 1.807) is 6.26 Å². The Morgan fingerprint density at radius 2 is 2.44 bits per heavy atom. The van der Waals surface area contributed by atoms with Crippen LogP contribution in [-0.4, -0.2) is 56.5 Å². The Balaban J connectivity index is 2.45. The van der Waals surface area contributed by atoms with Crippen LogP contribution in [0.1, 0.15) is 0 Å². The lowest BCUT2D eigenvalue weighted by atomic mass is 10.1. The van der Waals surface area contributed by atoms with Gasteiger partial charge < -0.3 is 20.1 Å². The zero-order valence-corrected chi connectivity index (χ0v) is 10.5. The van der Waals surface area contributed by atoms with Gasteiger partial charge in [-0.1, -0.05) is 11.8 Å². The Bertz CT molecular complexity index is 493. The van der Waals surface area contributed by atoms with Gasteiger partial charge in [-0.2, -0.15) is 4.98 Å². The van der Waals surface area contributed by atoms with Crippen molar-refractivity contribution in [3.8, 4) is 0 Å². The van der Waals surface area contributed by atoms with Crippen molar-refractivity contribution in [2.45, 2.75) is 23.1 Å². The molecule has 1 aromatic rings. The lowest BCUT2D eigenvalue weighted by molar-refractivity contribution is -0.119. The van der Waals surface area contributed by atoms with Crippen LogP contribution in [0, 0.1) is 0 Å². The van der Waals surface area contributed by atoms with E-state index >= 15 is 0 Å². The molecule has 0 radical (unpaired) electrons. The first-order chi connectivity index (χ1) is 8.52. The topological polar surface area (TPSA) is 105 Å². The van der Waals surface area contributed by atoms with Crippen LogP contribution < -0.4 is 5.56 Å². The molecule has 1 fully saturated rings. The fourth-order valence-corrected chi connectivity index (χ4v) is 2.49. The van der Waals surface area contributed by atoms with Gasteiger partial charge in [-0.05, 0) is 6.26 Å². The molecule has 3 N–H and O–H groups in total. The highest BCUT2D eigenvalue weighted by molar-refractivity contribution is 7.98. The normalized spacial score (nSPS) is 31.8. The van der Waals surface area contributed by atoms with E-state index in [-0.39, 0.29) is 11.8 Å². The average molecular weight is 274 g/mol. The van der Waals surface area contributed by atoms with Crippen molar-refractivity contribution < 1.29 is 20.1 Å². The first kappa shape index (κ1) is 13.5. The van der Waals surface area contributed by atoms with Crippen LogP contribution in [0.2, 0.25) is 0 Å². The van der Waals surface area contributed by atoms with E-state index in [1.807, 2.05) is 0 Å². The van der Waals surface area contributed by atoms with Crippen molar-refractivity contribution in [2.75, 3.05) is 19.5 Å². The van der Waals surface area contributed by atoms with Gasteiger partial charge in [0.1, 0.15) is 12.2 Å². The Labute approximate surface area is 107 Å². The summed E-state index contributed by atoms with van der Waals surface area (Å²) >= 11 is 1.17. The first-order valence-corrected chi connectivity index (χ1v) is 6.52. The molecule has 8 heteroatoms. The number of aliphatic hydroxyl groups is 3. The van der Waals surface area contributed by atoms with Crippen LogP contribution in [0.25, 0.3) is 0 Å². The maximum Gasteiger partial charge on any atom is 0.273 e. The quantitative estimate of drug-likeness (QED) is 0.448. The summed E-state index contributed by atoms with van der Waals surface area (Å²) in [7, 11) is 0. The van der Waals surface area contributed by atoms with Crippen molar-refractivity contribution in [3.05, 3.63) is 22.6 Å². The molecule has 0 aromatic carbocycles. The van der Waals surface area contributed by atoms with Crippen LogP contribution in [-0.2, 0) is 10.5 Å². The van der Waals surface area contributed by atoms with Gasteiger partial charge in [-0.25, -0.2) is 0 Å². The van der Waals surface area contributed by atoms with Gasteiger partial charge in [0.05, 0.1) is 13.2 Å². The number of hydrogen-bond acceptors (Lipinski definition) is 7. The van der Waals surface area contributed by atoms with Gasteiger partial charge >= 0.3 is 0 Å². The van der Waals surface area contributed by atoms with Crippen molar-refractivity contribution >= 4 is 11.8 Å². The molecule has 1 saturated heterocycles. The molecular formula is C10H14N2O5S. The van der Waals surface area contributed by atoms with Crippen molar-refractivity contribution in [2.24, 2.45) is 0 Å². The van der Waals surface area contributed by atoms with Gasteiger partial charge in [0.25, 0.3) is 5.56 Å². The summed E-state index contributed by atoms with van der Waals surface area (Å²) in [5.41, 5.74) is -2.15. The highest BCUT2D eigenvalue weighted by Crippen LogP contribution is 2.31. The zero-order valence-electron chi connectivity index (χ0n) is 9.68. The number of nitrogens with zero attached hydrogens (tertiary/aromatic N) is 2. The molecule has 0 unspecified atom stereocenters. The fraction of sp³-hybridized carbons (Fsp3) is 0.600. The van der Waals surface area contributed by atoms with Gasteiger partial charge in [0.2, 0.25) is 0 Å². The third-order valence-corrected chi connectivity index (χ3v) is 3.55. The molecule has 2 rings (SSSR count). The lowest BCUT2D eigenvalue weighted by Crippen LogP contribution is -2.48. The molecule has 0 spiro atoms. The monoisotopic (exact) mass is 274 g/mol. The van der Waals surface area contributed by atoms with E-state index in [2.05, 4.69) is 4.98 Å². The molecule has 1 aliphatic rings. The number of aromatic nitrogens is 2. The molecule has 0 aliphatic carbocycles. The second-order valence-electron chi connectivity index (χ2n) is 3.98. The Hall–Kier alpha value is -0.930. The average Bonchev–Trinajstić information content (AvgIpc) is 2.66. The van der Waals surface area contributed by atoms with Crippen LogP contribution in [0.15, 0.2) is 22.2 Å². The highest BCUT2D eigenvalue weighted by Gasteiger charge is 2.49. The molecule has 1 aromatic heterocycles. The second-order valence-corrected chi connectivity index (χ2v) is 4.75. The lowest BCUT2D eigenvalue weighted by Gasteiger charge is -2.30. The summed E-state index contributed by atoms with van der Waals surface area (Å²) in [4.78, 5) is 14.9. The van der Waals surface area contributed by atoms with Crippen molar-refractivity contribution in [1.82, 2.24) is 9.55 Å².